The van der Waals surface area contributed by atoms with E-state index in [2.05, 4.69) is 5.32 Å². The van der Waals surface area contributed by atoms with Gasteiger partial charge in [-0.25, -0.2) is 9.18 Å². The molecule has 10 heteroatoms. The molecule has 1 unspecified atom stereocenters. The highest BCUT2D eigenvalue weighted by molar-refractivity contribution is 7.97. The molecule has 3 rings (SSSR count). The normalized spacial score (nSPS) is 26.7. The zero-order valence-corrected chi connectivity index (χ0v) is 14.9. The predicted octanol–water partition coefficient (Wildman–Crippen LogP) is 1.43. The summed E-state index contributed by atoms with van der Waals surface area (Å²) in [6.45, 7) is 2.09. The van der Waals surface area contributed by atoms with Gasteiger partial charge >= 0.3 is 6.09 Å². The molecule has 0 aliphatic carbocycles. The Morgan fingerprint density at radius 1 is 1.50 bits per heavy atom. The lowest BCUT2D eigenvalue weighted by Gasteiger charge is -2.31. The van der Waals surface area contributed by atoms with Gasteiger partial charge in [-0.2, -0.15) is 0 Å². The fourth-order valence-corrected chi connectivity index (χ4v) is 3.92. The van der Waals surface area contributed by atoms with Gasteiger partial charge in [0.2, 0.25) is 5.91 Å². The van der Waals surface area contributed by atoms with Gasteiger partial charge in [-0.05, 0) is 36.1 Å². The number of hydroxylamine groups is 1. The van der Waals surface area contributed by atoms with Crippen molar-refractivity contribution >= 4 is 29.6 Å². The lowest BCUT2D eigenvalue weighted by molar-refractivity contribution is -0.119. The predicted molar refractivity (Wildman–Crippen MR) is 92.1 cm³/mol. The summed E-state index contributed by atoms with van der Waals surface area (Å²) >= 11 is 0.850. The first-order valence-corrected chi connectivity index (χ1v) is 9.02. The average Bonchev–Trinajstić information content (AvgIpc) is 2.94. The summed E-state index contributed by atoms with van der Waals surface area (Å²) in [5.74, 6) is -1.20. The molecule has 0 aromatic heterocycles. The first-order valence-electron chi connectivity index (χ1n) is 8.18. The van der Waals surface area contributed by atoms with E-state index in [0.717, 1.165) is 16.4 Å². The van der Waals surface area contributed by atoms with E-state index >= 15 is 0 Å². The Labute approximate surface area is 154 Å². The topological polar surface area (TPSA) is 102 Å². The summed E-state index contributed by atoms with van der Waals surface area (Å²) in [7, 11) is 0. The van der Waals surface area contributed by atoms with Crippen molar-refractivity contribution in [2.45, 2.75) is 30.8 Å². The van der Waals surface area contributed by atoms with Gasteiger partial charge in [-0.3, -0.25) is 9.69 Å². The minimum Gasteiger partial charge on any atom is -0.442 e. The van der Waals surface area contributed by atoms with Crippen LogP contribution in [-0.2, 0) is 9.53 Å². The number of aliphatic hydroxyl groups excluding tert-OH is 1. The molecule has 2 aliphatic rings. The van der Waals surface area contributed by atoms with Crippen LogP contribution in [0.25, 0.3) is 0 Å². The molecule has 1 aromatic rings. The molecule has 0 saturated carbocycles. The SMILES string of the molecule is CC(=O)NC[C@H]1CN(c2ccc([C@H]3CCN(O)SC3O)c(F)c2)C(=O)O1. The fourth-order valence-electron chi connectivity index (χ4n) is 3.03. The number of carbonyl (C=O) groups is 2. The number of nitrogens with zero attached hydrogens (tertiary/aromatic N) is 2. The van der Waals surface area contributed by atoms with Gasteiger partial charge in [-0.15, -0.1) is 4.47 Å². The first-order chi connectivity index (χ1) is 12.3. The zero-order valence-electron chi connectivity index (χ0n) is 14.1. The number of amides is 2. The van der Waals surface area contributed by atoms with E-state index in [-0.39, 0.29) is 19.0 Å². The number of nitrogens with one attached hydrogen (secondary N) is 1. The van der Waals surface area contributed by atoms with Crippen molar-refractivity contribution < 1.29 is 29.0 Å². The summed E-state index contributed by atoms with van der Waals surface area (Å²) in [5, 5.41) is 22.0. The molecule has 2 heterocycles. The van der Waals surface area contributed by atoms with E-state index in [1.54, 1.807) is 12.1 Å². The number of anilines is 1. The highest BCUT2D eigenvalue weighted by atomic mass is 32.2. The van der Waals surface area contributed by atoms with Crippen LogP contribution in [0.5, 0.6) is 0 Å². The van der Waals surface area contributed by atoms with Crippen molar-refractivity contribution in [1.82, 2.24) is 9.79 Å². The monoisotopic (exact) mass is 385 g/mol. The van der Waals surface area contributed by atoms with Crippen molar-refractivity contribution in [3.05, 3.63) is 29.6 Å². The van der Waals surface area contributed by atoms with Crippen LogP contribution in [0.1, 0.15) is 24.8 Å². The second-order valence-electron chi connectivity index (χ2n) is 6.23. The number of aliphatic hydroxyl groups is 1. The largest absolute Gasteiger partial charge is 0.442 e. The van der Waals surface area contributed by atoms with E-state index in [0.29, 0.717) is 24.2 Å². The molecule has 2 saturated heterocycles. The maximum absolute atomic E-state index is 14.6. The standard InChI is InChI=1S/C16H20FN3O5S/c1-9(21)18-7-11-8-19(16(23)25-11)10-2-3-12(14(17)6-10)13-4-5-20(24)26-15(13)22/h2-3,6,11,13,15,22,24H,4-5,7-8H2,1H3,(H,18,21)/t11-,13+,15?/m0/s1. The molecule has 2 amide bonds. The van der Waals surface area contributed by atoms with Crippen LogP contribution in [0.15, 0.2) is 18.2 Å². The number of benzene rings is 1. The van der Waals surface area contributed by atoms with Crippen LogP contribution in [0.4, 0.5) is 14.9 Å². The average molecular weight is 385 g/mol. The van der Waals surface area contributed by atoms with Crippen LogP contribution >= 0.6 is 11.9 Å². The summed E-state index contributed by atoms with van der Waals surface area (Å²) in [5.41, 5.74) is -0.264. The van der Waals surface area contributed by atoms with Gasteiger partial charge in [0, 0.05) is 19.4 Å². The summed E-state index contributed by atoms with van der Waals surface area (Å²) in [4.78, 5) is 24.3. The smallest absolute Gasteiger partial charge is 0.414 e. The molecule has 2 fully saturated rings. The Kier molecular flexibility index (Phi) is 5.66. The molecule has 3 atom stereocenters. The van der Waals surface area contributed by atoms with Crippen LogP contribution in [-0.4, -0.2) is 58.0 Å². The molecule has 3 N–H and O–H groups in total. The summed E-state index contributed by atoms with van der Waals surface area (Å²) in [6.07, 6.45) is -0.691. The van der Waals surface area contributed by atoms with Crippen LogP contribution in [0.3, 0.4) is 0 Å². The van der Waals surface area contributed by atoms with Crippen molar-refractivity contribution in [2.75, 3.05) is 24.5 Å². The maximum atomic E-state index is 14.6. The van der Waals surface area contributed by atoms with E-state index in [1.165, 1.54) is 17.9 Å². The van der Waals surface area contributed by atoms with Gasteiger partial charge in [0.05, 0.1) is 18.8 Å². The van der Waals surface area contributed by atoms with Gasteiger partial charge < -0.3 is 20.4 Å². The minimum atomic E-state index is -0.951. The number of carbonyl (C=O) groups excluding carboxylic acids is 2. The molecule has 0 bridgehead atoms. The molecule has 26 heavy (non-hydrogen) atoms. The molecule has 0 spiro atoms. The highest BCUT2D eigenvalue weighted by Crippen LogP contribution is 2.38. The molecular formula is C16H20FN3O5S. The zero-order chi connectivity index (χ0) is 18.8. The number of hydrogen-bond donors (Lipinski definition) is 3. The lowest BCUT2D eigenvalue weighted by Crippen LogP contribution is -2.33. The lowest BCUT2D eigenvalue weighted by atomic mass is 9.95. The first kappa shape index (κ1) is 18.9. The van der Waals surface area contributed by atoms with Crippen LogP contribution in [0, 0.1) is 5.82 Å². The molecule has 142 valence electrons. The minimum absolute atomic E-state index is 0.196. The van der Waals surface area contributed by atoms with Gasteiger partial charge in [-0.1, -0.05) is 6.07 Å². The Bertz CT molecular complexity index is 706. The van der Waals surface area contributed by atoms with Crippen molar-refractivity contribution in [2.24, 2.45) is 0 Å². The maximum Gasteiger partial charge on any atom is 0.414 e. The number of ether oxygens (including phenoxy) is 1. The fraction of sp³-hybridized carbons (Fsp3) is 0.500. The van der Waals surface area contributed by atoms with E-state index in [9.17, 15) is 24.3 Å². The Hall–Kier alpha value is -1.88. The Balaban J connectivity index is 1.71. The third kappa shape index (κ3) is 4.09. The van der Waals surface area contributed by atoms with Crippen molar-refractivity contribution in [3.8, 4) is 0 Å². The third-order valence-electron chi connectivity index (χ3n) is 4.35. The summed E-state index contributed by atoms with van der Waals surface area (Å²) in [6, 6.07) is 4.38. The highest BCUT2D eigenvalue weighted by Gasteiger charge is 2.34. The van der Waals surface area contributed by atoms with Gasteiger partial charge in [0.15, 0.2) is 0 Å². The molecule has 8 nitrogen and oxygen atoms in total. The van der Waals surface area contributed by atoms with Crippen LogP contribution in [0.2, 0.25) is 0 Å². The quantitative estimate of drug-likeness (QED) is 0.674. The number of rotatable bonds is 4. The number of halogens is 1. The molecule has 2 aliphatic heterocycles. The second-order valence-corrected chi connectivity index (χ2v) is 7.34. The Morgan fingerprint density at radius 3 is 2.92 bits per heavy atom. The van der Waals surface area contributed by atoms with Gasteiger partial charge in [0.25, 0.3) is 0 Å². The number of hydrogen-bond acceptors (Lipinski definition) is 7. The molecule has 1 aromatic carbocycles. The summed E-state index contributed by atoms with van der Waals surface area (Å²) < 4.78 is 20.7. The van der Waals surface area contributed by atoms with Crippen molar-refractivity contribution in [3.63, 3.8) is 0 Å². The molecular weight excluding hydrogens is 365 g/mol. The van der Waals surface area contributed by atoms with Gasteiger partial charge in [0.1, 0.15) is 17.4 Å². The van der Waals surface area contributed by atoms with E-state index in [4.69, 9.17) is 4.74 Å². The third-order valence-corrected chi connectivity index (χ3v) is 5.32. The number of cyclic esters (lactones) is 1. The van der Waals surface area contributed by atoms with E-state index < -0.39 is 29.4 Å². The van der Waals surface area contributed by atoms with Crippen LogP contribution < -0.4 is 10.2 Å². The van der Waals surface area contributed by atoms with E-state index in [1.807, 2.05) is 0 Å². The Morgan fingerprint density at radius 2 is 2.27 bits per heavy atom. The molecule has 0 radical (unpaired) electrons. The second kappa shape index (κ2) is 7.78. The van der Waals surface area contributed by atoms with Crippen molar-refractivity contribution in [1.29, 1.82) is 0 Å².